The van der Waals surface area contributed by atoms with Crippen LogP contribution in [0.25, 0.3) is 0 Å². The number of rotatable bonds is 3. The summed E-state index contributed by atoms with van der Waals surface area (Å²) in [6.45, 7) is 3.13. The van der Waals surface area contributed by atoms with E-state index < -0.39 is 0 Å². The van der Waals surface area contributed by atoms with Gasteiger partial charge < -0.3 is 15.3 Å². The van der Waals surface area contributed by atoms with Gasteiger partial charge in [0.25, 0.3) is 0 Å². The van der Waals surface area contributed by atoms with Gasteiger partial charge in [-0.1, -0.05) is 12.8 Å². The normalized spacial score (nSPS) is 20.6. The number of hydrogen-bond acceptors (Lipinski definition) is 5. The van der Waals surface area contributed by atoms with Crippen LogP contribution in [0.1, 0.15) is 31.4 Å². The molecule has 1 aliphatic rings. The van der Waals surface area contributed by atoms with Crippen molar-refractivity contribution >= 4 is 11.8 Å². The largest absolute Gasteiger partial charge is 0.394 e. The van der Waals surface area contributed by atoms with Crippen molar-refractivity contribution < 1.29 is 5.11 Å². The second-order valence-electron chi connectivity index (χ2n) is 4.82. The summed E-state index contributed by atoms with van der Waals surface area (Å²) in [6.07, 6.45) is 4.61. The van der Waals surface area contributed by atoms with Gasteiger partial charge in [-0.2, -0.15) is 4.98 Å². The molecule has 2 heterocycles. The molecule has 0 aliphatic carbocycles. The van der Waals surface area contributed by atoms with Gasteiger partial charge in [0.15, 0.2) is 0 Å². The molecule has 5 nitrogen and oxygen atoms in total. The van der Waals surface area contributed by atoms with Crippen molar-refractivity contribution in [1.29, 1.82) is 0 Å². The molecule has 1 fully saturated rings. The minimum absolute atomic E-state index is 0.187. The van der Waals surface area contributed by atoms with E-state index in [-0.39, 0.29) is 12.6 Å². The van der Waals surface area contributed by atoms with E-state index in [2.05, 4.69) is 20.2 Å². The van der Waals surface area contributed by atoms with Crippen LogP contribution in [-0.4, -0.2) is 41.3 Å². The maximum absolute atomic E-state index is 9.54. The average molecular weight is 250 g/mol. The highest BCUT2D eigenvalue weighted by atomic mass is 16.3. The molecule has 18 heavy (non-hydrogen) atoms. The average Bonchev–Trinajstić information content (AvgIpc) is 2.62. The van der Waals surface area contributed by atoms with Crippen LogP contribution in [0.2, 0.25) is 0 Å². The highest BCUT2D eigenvalue weighted by Gasteiger charge is 2.22. The molecule has 0 saturated carbocycles. The first kappa shape index (κ1) is 13.1. The lowest BCUT2D eigenvalue weighted by molar-refractivity contribution is 0.254. The minimum Gasteiger partial charge on any atom is -0.394 e. The number of aliphatic hydroxyl groups excluding tert-OH is 1. The van der Waals surface area contributed by atoms with E-state index in [4.69, 9.17) is 0 Å². The van der Waals surface area contributed by atoms with E-state index in [1.165, 1.54) is 12.8 Å². The topological polar surface area (TPSA) is 61.3 Å². The zero-order valence-corrected chi connectivity index (χ0v) is 11.2. The van der Waals surface area contributed by atoms with Crippen LogP contribution in [-0.2, 0) is 0 Å². The molecule has 1 unspecified atom stereocenters. The predicted octanol–water partition coefficient (Wildman–Crippen LogP) is 1.57. The van der Waals surface area contributed by atoms with E-state index in [9.17, 15) is 5.11 Å². The fraction of sp³-hybridized carbons (Fsp3) is 0.692. The number of nitrogens with zero attached hydrogens (tertiary/aromatic N) is 3. The summed E-state index contributed by atoms with van der Waals surface area (Å²) < 4.78 is 0. The molecule has 0 spiro atoms. The van der Waals surface area contributed by atoms with Crippen molar-refractivity contribution in [2.45, 2.75) is 38.6 Å². The third-order valence-electron chi connectivity index (χ3n) is 3.45. The molecule has 2 N–H and O–H groups in total. The zero-order valence-electron chi connectivity index (χ0n) is 11.2. The highest BCUT2D eigenvalue weighted by molar-refractivity contribution is 5.45. The lowest BCUT2D eigenvalue weighted by atomic mass is 10.1. The van der Waals surface area contributed by atoms with E-state index in [1.54, 1.807) is 0 Å². The number of anilines is 2. The Morgan fingerprint density at radius 3 is 2.94 bits per heavy atom. The Bertz CT molecular complexity index is 397. The molecule has 1 atom stereocenters. The summed E-state index contributed by atoms with van der Waals surface area (Å²) in [5, 5.41) is 12.5. The van der Waals surface area contributed by atoms with Crippen LogP contribution < -0.4 is 10.2 Å². The molecular weight excluding hydrogens is 228 g/mol. The molecule has 1 aliphatic heterocycles. The van der Waals surface area contributed by atoms with E-state index in [0.29, 0.717) is 5.95 Å². The lowest BCUT2D eigenvalue weighted by Crippen LogP contribution is -2.38. The van der Waals surface area contributed by atoms with Crippen LogP contribution in [0, 0.1) is 6.92 Å². The van der Waals surface area contributed by atoms with Crippen molar-refractivity contribution in [2.75, 3.05) is 30.4 Å². The van der Waals surface area contributed by atoms with Crippen molar-refractivity contribution in [1.82, 2.24) is 9.97 Å². The second-order valence-corrected chi connectivity index (χ2v) is 4.82. The van der Waals surface area contributed by atoms with Gasteiger partial charge in [0.05, 0.1) is 12.6 Å². The number of hydrogen-bond donors (Lipinski definition) is 2. The van der Waals surface area contributed by atoms with Gasteiger partial charge in [-0.15, -0.1) is 0 Å². The van der Waals surface area contributed by atoms with Gasteiger partial charge >= 0.3 is 0 Å². The van der Waals surface area contributed by atoms with Gasteiger partial charge in [-0.05, 0) is 19.8 Å². The van der Waals surface area contributed by atoms with Crippen LogP contribution >= 0.6 is 0 Å². The van der Waals surface area contributed by atoms with Crippen LogP contribution in [0.3, 0.4) is 0 Å². The molecule has 0 amide bonds. The molecule has 1 saturated heterocycles. The summed E-state index contributed by atoms with van der Waals surface area (Å²) in [7, 11) is 1.82. The Labute approximate surface area is 108 Å². The molecule has 100 valence electrons. The van der Waals surface area contributed by atoms with E-state index in [1.807, 2.05) is 20.0 Å². The summed E-state index contributed by atoms with van der Waals surface area (Å²) >= 11 is 0. The molecule has 2 rings (SSSR count). The van der Waals surface area contributed by atoms with Crippen molar-refractivity contribution in [3.63, 3.8) is 0 Å². The van der Waals surface area contributed by atoms with E-state index >= 15 is 0 Å². The van der Waals surface area contributed by atoms with Crippen LogP contribution in [0.4, 0.5) is 11.8 Å². The lowest BCUT2D eigenvalue weighted by Gasteiger charge is -2.30. The SMILES string of the molecule is CNc1nc(C)cc(N2CCCCCC2CO)n1. The fourth-order valence-corrected chi connectivity index (χ4v) is 2.48. The van der Waals surface area contributed by atoms with Crippen molar-refractivity contribution in [3.05, 3.63) is 11.8 Å². The third kappa shape index (κ3) is 2.90. The van der Waals surface area contributed by atoms with Gasteiger partial charge in [0.2, 0.25) is 5.95 Å². The molecular formula is C13H22N4O. The Morgan fingerprint density at radius 2 is 2.22 bits per heavy atom. The van der Waals surface area contributed by atoms with Gasteiger partial charge in [0, 0.05) is 25.4 Å². The number of aliphatic hydroxyl groups is 1. The monoisotopic (exact) mass is 250 g/mol. The standard InChI is InChI=1S/C13H22N4O/c1-10-8-12(16-13(14-2)15-10)17-7-5-3-4-6-11(17)9-18/h8,11,18H,3-7,9H2,1-2H3,(H,14,15,16). The Balaban J connectivity index is 2.29. The number of aryl methyl sites for hydroxylation is 1. The maximum Gasteiger partial charge on any atom is 0.224 e. The summed E-state index contributed by atoms with van der Waals surface area (Å²) in [4.78, 5) is 11.0. The molecule has 1 aromatic rings. The van der Waals surface area contributed by atoms with E-state index in [0.717, 1.165) is 30.9 Å². The van der Waals surface area contributed by atoms with Gasteiger partial charge in [0.1, 0.15) is 5.82 Å². The Morgan fingerprint density at radius 1 is 1.39 bits per heavy atom. The molecule has 5 heteroatoms. The number of aromatic nitrogens is 2. The Kier molecular flexibility index (Phi) is 4.36. The van der Waals surface area contributed by atoms with Crippen LogP contribution in [0.5, 0.6) is 0 Å². The van der Waals surface area contributed by atoms with Crippen molar-refractivity contribution in [2.24, 2.45) is 0 Å². The van der Waals surface area contributed by atoms with Gasteiger partial charge in [-0.25, -0.2) is 4.98 Å². The highest BCUT2D eigenvalue weighted by Crippen LogP contribution is 2.23. The predicted molar refractivity (Wildman–Crippen MR) is 73.0 cm³/mol. The Hall–Kier alpha value is -1.36. The molecule has 0 aromatic carbocycles. The molecule has 1 aromatic heterocycles. The zero-order chi connectivity index (χ0) is 13.0. The summed E-state index contributed by atoms with van der Waals surface area (Å²) in [5.41, 5.74) is 0.949. The smallest absolute Gasteiger partial charge is 0.224 e. The second kappa shape index (κ2) is 6.00. The quantitative estimate of drug-likeness (QED) is 0.852. The first-order valence-electron chi connectivity index (χ1n) is 6.65. The maximum atomic E-state index is 9.54. The number of nitrogens with one attached hydrogen (secondary N) is 1. The molecule has 0 bridgehead atoms. The summed E-state index contributed by atoms with van der Waals surface area (Å²) in [6, 6.07) is 2.18. The van der Waals surface area contributed by atoms with Crippen LogP contribution in [0.15, 0.2) is 6.07 Å². The molecule has 0 radical (unpaired) electrons. The first-order valence-corrected chi connectivity index (χ1v) is 6.65. The van der Waals surface area contributed by atoms with Crippen molar-refractivity contribution in [3.8, 4) is 0 Å². The minimum atomic E-state index is 0.187. The van der Waals surface area contributed by atoms with Gasteiger partial charge in [-0.3, -0.25) is 0 Å². The third-order valence-corrected chi connectivity index (χ3v) is 3.45. The fourth-order valence-electron chi connectivity index (χ4n) is 2.48. The first-order chi connectivity index (χ1) is 8.74. The summed E-state index contributed by atoms with van der Waals surface area (Å²) in [5.74, 6) is 1.57.